The molecule has 122 valence electrons. The fourth-order valence-electron chi connectivity index (χ4n) is 2.14. The van der Waals surface area contributed by atoms with Gasteiger partial charge in [0.05, 0.1) is 12.7 Å². The second-order valence-electron chi connectivity index (χ2n) is 5.05. The molecule has 0 saturated carbocycles. The van der Waals surface area contributed by atoms with Crippen molar-refractivity contribution in [2.75, 3.05) is 26.7 Å². The molecule has 5 heteroatoms. The molecule has 23 heavy (non-hydrogen) atoms. The third-order valence-electron chi connectivity index (χ3n) is 3.30. The predicted molar refractivity (Wildman–Crippen MR) is 93.9 cm³/mol. The molecule has 0 aliphatic heterocycles. The highest BCUT2D eigenvalue weighted by Crippen LogP contribution is 2.05. The number of aryl methyl sites for hydroxylation is 1. The van der Waals surface area contributed by atoms with Gasteiger partial charge in [-0.05, 0) is 30.5 Å². The van der Waals surface area contributed by atoms with E-state index in [2.05, 4.69) is 44.9 Å². The quantitative estimate of drug-likeness (QED) is 0.446. The summed E-state index contributed by atoms with van der Waals surface area (Å²) in [6.45, 7) is 2.14. The van der Waals surface area contributed by atoms with Gasteiger partial charge in [-0.3, -0.25) is 9.98 Å². The smallest absolute Gasteiger partial charge is 0.191 e. The summed E-state index contributed by atoms with van der Waals surface area (Å²) in [4.78, 5) is 8.21. The highest BCUT2D eigenvalue weighted by molar-refractivity contribution is 5.79. The Morgan fingerprint density at radius 2 is 1.91 bits per heavy atom. The zero-order valence-electron chi connectivity index (χ0n) is 13.5. The maximum absolute atomic E-state index is 5.58. The summed E-state index contributed by atoms with van der Waals surface area (Å²) >= 11 is 0. The molecule has 2 aromatic rings. The largest absolute Gasteiger partial charge is 0.490 e. The standard InChI is InChI=1S/C18H24N4O/c1-19-18(21-12-5-9-16-7-3-2-4-8-16)22-13-14-23-17-10-6-11-20-15-17/h2-4,6-8,10-11,15H,5,9,12-14H2,1H3,(H2,19,21,22). The van der Waals surface area contributed by atoms with Gasteiger partial charge in [0.15, 0.2) is 5.96 Å². The molecule has 2 rings (SSSR count). The number of nitrogens with one attached hydrogen (secondary N) is 2. The van der Waals surface area contributed by atoms with E-state index >= 15 is 0 Å². The Kier molecular flexibility index (Phi) is 7.46. The van der Waals surface area contributed by atoms with E-state index in [1.54, 1.807) is 19.4 Å². The molecule has 0 unspecified atom stereocenters. The lowest BCUT2D eigenvalue weighted by molar-refractivity contribution is 0.320. The number of guanidine groups is 1. The lowest BCUT2D eigenvalue weighted by Gasteiger charge is -2.12. The highest BCUT2D eigenvalue weighted by Gasteiger charge is 1.98. The number of aromatic nitrogens is 1. The van der Waals surface area contributed by atoms with Crippen LogP contribution in [-0.2, 0) is 6.42 Å². The third kappa shape index (κ3) is 6.82. The number of ether oxygens (including phenoxy) is 1. The first-order valence-corrected chi connectivity index (χ1v) is 7.90. The minimum Gasteiger partial charge on any atom is -0.490 e. The topological polar surface area (TPSA) is 58.5 Å². The van der Waals surface area contributed by atoms with Crippen LogP contribution in [0.3, 0.4) is 0 Å². The van der Waals surface area contributed by atoms with Gasteiger partial charge in [0.25, 0.3) is 0 Å². The summed E-state index contributed by atoms with van der Waals surface area (Å²) in [7, 11) is 1.77. The SMILES string of the molecule is CN=C(NCCCc1ccccc1)NCCOc1cccnc1. The Balaban J connectivity index is 1.56. The number of aliphatic imine (C=N–C) groups is 1. The van der Waals surface area contributed by atoms with Crippen molar-refractivity contribution in [3.8, 4) is 5.75 Å². The monoisotopic (exact) mass is 312 g/mol. The van der Waals surface area contributed by atoms with Crippen molar-refractivity contribution in [1.82, 2.24) is 15.6 Å². The third-order valence-corrected chi connectivity index (χ3v) is 3.30. The number of nitrogens with zero attached hydrogens (tertiary/aromatic N) is 2. The van der Waals surface area contributed by atoms with Gasteiger partial charge in [-0.25, -0.2) is 0 Å². The van der Waals surface area contributed by atoms with E-state index in [9.17, 15) is 0 Å². The number of rotatable bonds is 8. The van der Waals surface area contributed by atoms with Crippen LogP contribution in [0.4, 0.5) is 0 Å². The molecule has 2 N–H and O–H groups in total. The van der Waals surface area contributed by atoms with E-state index in [0.29, 0.717) is 13.2 Å². The fourth-order valence-corrected chi connectivity index (χ4v) is 2.14. The Labute approximate surface area is 137 Å². The van der Waals surface area contributed by atoms with Gasteiger partial charge in [0, 0.05) is 19.8 Å². The summed E-state index contributed by atoms with van der Waals surface area (Å²) in [6, 6.07) is 14.3. The summed E-state index contributed by atoms with van der Waals surface area (Å²) in [6.07, 6.45) is 5.56. The maximum atomic E-state index is 5.58. The van der Waals surface area contributed by atoms with Crippen molar-refractivity contribution < 1.29 is 4.74 Å². The van der Waals surface area contributed by atoms with Gasteiger partial charge in [-0.1, -0.05) is 30.3 Å². The van der Waals surface area contributed by atoms with Crippen molar-refractivity contribution in [1.29, 1.82) is 0 Å². The van der Waals surface area contributed by atoms with Gasteiger partial charge in [-0.15, -0.1) is 0 Å². The van der Waals surface area contributed by atoms with Crippen LogP contribution in [-0.4, -0.2) is 37.7 Å². The van der Waals surface area contributed by atoms with Crippen molar-refractivity contribution in [3.05, 3.63) is 60.4 Å². The Morgan fingerprint density at radius 3 is 2.65 bits per heavy atom. The fraction of sp³-hybridized carbons (Fsp3) is 0.333. The van der Waals surface area contributed by atoms with Crippen LogP contribution in [0.2, 0.25) is 0 Å². The van der Waals surface area contributed by atoms with Gasteiger partial charge in [0.2, 0.25) is 0 Å². The van der Waals surface area contributed by atoms with E-state index in [0.717, 1.165) is 31.1 Å². The first kappa shape index (κ1) is 16.8. The summed E-state index contributed by atoms with van der Waals surface area (Å²) in [5.41, 5.74) is 1.36. The molecule has 1 heterocycles. The summed E-state index contributed by atoms with van der Waals surface area (Å²) in [5, 5.41) is 6.54. The zero-order chi connectivity index (χ0) is 16.2. The Hall–Kier alpha value is -2.56. The molecule has 0 bridgehead atoms. The molecule has 0 radical (unpaired) electrons. The Bertz CT molecular complexity index is 523. The molecular weight excluding hydrogens is 288 g/mol. The normalized spacial score (nSPS) is 11.1. The molecule has 0 saturated heterocycles. The summed E-state index contributed by atoms with van der Waals surface area (Å²) < 4.78 is 5.58. The van der Waals surface area contributed by atoms with Gasteiger partial charge in [0.1, 0.15) is 12.4 Å². The van der Waals surface area contributed by atoms with E-state index in [-0.39, 0.29) is 0 Å². The van der Waals surface area contributed by atoms with Gasteiger partial charge in [-0.2, -0.15) is 0 Å². The minimum atomic E-state index is 0.566. The molecule has 0 aliphatic rings. The molecule has 0 spiro atoms. The van der Waals surface area contributed by atoms with E-state index < -0.39 is 0 Å². The molecule has 0 fully saturated rings. The molecule has 1 aromatic carbocycles. The molecule has 0 atom stereocenters. The molecule has 0 aliphatic carbocycles. The number of pyridine rings is 1. The lowest BCUT2D eigenvalue weighted by atomic mass is 10.1. The molecule has 1 aromatic heterocycles. The zero-order valence-corrected chi connectivity index (χ0v) is 13.5. The van der Waals surface area contributed by atoms with Crippen LogP contribution in [0, 0.1) is 0 Å². The van der Waals surface area contributed by atoms with Crippen LogP contribution >= 0.6 is 0 Å². The van der Waals surface area contributed by atoms with Gasteiger partial charge < -0.3 is 15.4 Å². The molecular formula is C18H24N4O. The van der Waals surface area contributed by atoms with Crippen molar-refractivity contribution in [2.45, 2.75) is 12.8 Å². The second-order valence-corrected chi connectivity index (χ2v) is 5.05. The predicted octanol–water partition coefficient (Wildman–Crippen LogP) is 2.26. The van der Waals surface area contributed by atoms with E-state index in [1.807, 2.05) is 18.2 Å². The average Bonchev–Trinajstić information content (AvgIpc) is 2.62. The van der Waals surface area contributed by atoms with Crippen LogP contribution in [0.1, 0.15) is 12.0 Å². The average molecular weight is 312 g/mol. The van der Waals surface area contributed by atoms with Crippen molar-refractivity contribution in [3.63, 3.8) is 0 Å². The lowest BCUT2D eigenvalue weighted by Crippen LogP contribution is -2.39. The number of benzene rings is 1. The van der Waals surface area contributed by atoms with Crippen molar-refractivity contribution in [2.24, 2.45) is 4.99 Å². The van der Waals surface area contributed by atoms with E-state index in [1.165, 1.54) is 5.56 Å². The minimum absolute atomic E-state index is 0.566. The first-order valence-electron chi connectivity index (χ1n) is 7.90. The van der Waals surface area contributed by atoms with E-state index in [4.69, 9.17) is 4.74 Å². The van der Waals surface area contributed by atoms with Crippen LogP contribution in [0.5, 0.6) is 5.75 Å². The Morgan fingerprint density at radius 1 is 1.09 bits per heavy atom. The van der Waals surface area contributed by atoms with Crippen LogP contribution in [0.25, 0.3) is 0 Å². The van der Waals surface area contributed by atoms with Crippen molar-refractivity contribution >= 4 is 5.96 Å². The molecule has 0 amide bonds. The molecule has 5 nitrogen and oxygen atoms in total. The summed E-state index contributed by atoms with van der Waals surface area (Å²) in [5.74, 6) is 1.58. The second kappa shape index (κ2) is 10.2. The first-order chi connectivity index (χ1) is 11.4. The highest BCUT2D eigenvalue weighted by atomic mass is 16.5. The number of hydrogen-bond acceptors (Lipinski definition) is 3. The van der Waals surface area contributed by atoms with Gasteiger partial charge >= 0.3 is 0 Å². The number of hydrogen-bond donors (Lipinski definition) is 2. The van der Waals surface area contributed by atoms with Crippen LogP contribution in [0.15, 0.2) is 59.9 Å². The maximum Gasteiger partial charge on any atom is 0.191 e. The van der Waals surface area contributed by atoms with Crippen LogP contribution < -0.4 is 15.4 Å².